The number of aliphatic hydroxyl groups excluding tert-OH is 1. The predicted octanol–water partition coefficient (Wildman–Crippen LogP) is 2.46. The maximum atomic E-state index is 13.4. The fourth-order valence-electron chi connectivity index (χ4n) is 1.38. The molecule has 4 nitrogen and oxygen atoms in total. The van der Waals surface area contributed by atoms with Crippen LogP contribution in [-0.2, 0) is 16.6 Å². The average Bonchev–Trinajstić information content (AvgIpc) is 2.89. The molecule has 2 rings (SSSR count). The Balaban J connectivity index is 2.36. The molecule has 1 heterocycles. The molecule has 0 saturated heterocycles. The van der Waals surface area contributed by atoms with Gasteiger partial charge in [0.25, 0.3) is 10.0 Å². The van der Waals surface area contributed by atoms with Crippen LogP contribution >= 0.6 is 11.3 Å². The molecule has 0 bridgehead atoms. The topological polar surface area (TPSA) is 66.4 Å². The SMILES string of the molecule is O=S(=O)(Nc1ccc(F)c(F)c1F)c1cc(CO)cs1. The van der Waals surface area contributed by atoms with Gasteiger partial charge >= 0.3 is 0 Å². The van der Waals surface area contributed by atoms with E-state index in [1.807, 2.05) is 4.72 Å². The zero-order valence-electron chi connectivity index (χ0n) is 9.73. The lowest BCUT2D eigenvalue weighted by molar-refractivity contribution is 0.282. The average molecular weight is 323 g/mol. The standard InChI is InChI=1S/C11H8F3NO3S2/c12-7-1-2-8(11(14)10(7)13)15-20(17,18)9-3-6(4-16)5-19-9/h1-3,5,15-16H,4H2. The van der Waals surface area contributed by atoms with Crippen LogP contribution in [0.15, 0.2) is 27.8 Å². The number of benzene rings is 1. The highest BCUT2D eigenvalue weighted by atomic mass is 32.2. The number of aliphatic hydroxyl groups is 1. The van der Waals surface area contributed by atoms with Crippen molar-refractivity contribution in [3.63, 3.8) is 0 Å². The summed E-state index contributed by atoms with van der Waals surface area (Å²) in [4.78, 5) is 0. The Hall–Kier alpha value is -1.58. The molecule has 0 aliphatic rings. The first-order chi connectivity index (χ1) is 9.35. The molecule has 0 aliphatic heterocycles. The molecule has 1 aromatic carbocycles. The number of rotatable bonds is 4. The maximum absolute atomic E-state index is 13.4. The van der Waals surface area contributed by atoms with Crippen molar-refractivity contribution in [1.29, 1.82) is 0 Å². The summed E-state index contributed by atoms with van der Waals surface area (Å²) in [7, 11) is -4.13. The molecule has 108 valence electrons. The second-order valence-corrected chi connectivity index (χ2v) is 6.58. The Morgan fingerprint density at radius 2 is 1.90 bits per heavy atom. The minimum absolute atomic E-state index is 0.175. The fourth-order valence-corrected chi connectivity index (χ4v) is 3.64. The van der Waals surface area contributed by atoms with Gasteiger partial charge in [0.1, 0.15) is 4.21 Å². The van der Waals surface area contributed by atoms with Crippen LogP contribution in [0.4, 0.5) is 18.9 Å². The van der Waals surface area contributed by atoms with Crippen LogP contribution in [-0.4, -0.2) is 13.5 Å². The van der Waals surface area contributed by atoms with Crippen molar-refractivity contribution >= 4 is 27.0 Å². The zero-order valence-corrected chi connectivity index (χ0v) is 11.4. The summed E-state index contributed by atoms with van der Waals surface area (Å²) in [6, 6.07) is 2.60. The smallest absolute Gasteiger partial charge is 0.271 e. The van der Waals surface area contributed by atoms with E-state index in [4.69, 9.17) is 5.11 Å². The van der Waals surface area contributed by atoms with Gasteiger partial charge in [0.2, 0.25) is 0 Å². The molecular formula is C11H8F3NO3S2. The van der Waals surface area contributed by atoms with E-state index >= 15 is 0 Å². The summed E-state index contributed by atoms with van der Waals surface area (Å²) >= 11 is 0.813. The highest BCUT2D eigenvalue weighted by Gasteiger charge is 2.21. The molecule has 0 unspecified atom stereocenters. The molecular weight excluding hydrogens is 315 g/mol. The largest absolute Gasteiger partial charge is 0.392 e. The first kappa shape index (κ1) is 14.8. The van der Waals surface area contributed by atoms with E-state index < -0.39 is 33.2 Å². The van der Waals surface area contributed by atoms with Crippen LogP contribution in [0.25, 0.3) is 0 Å². The number of halogens is 3. The van der Waals surface area contributed by atoms with Gasteiger partial charge in [0, 0.05) is 0 Å². The molecule has 0 atom stereocenters. The van der Waals surface area contributed by atoms with Crippen LogP contribution in [0.1, 0.15) is 5.56 Å². The third-order valence-corrected chi connectivity index (χ3v) is 5.21. The second kappa shape index (κ2) is 5.43. The second-order valence-electron chi connectivity index (χ2n) is 3.76. The van der Waals surface area contributed by atoms with E-state index in [1.54, 1.807) is 0 Å². The monoisotopic (exact) mass is 323 g/mol. The minimum atomic E-state index is -4.13. The number of nitrogens with one attached hydrogen (secondary N) is 1. The van der Waals surface area contributed by atoms with Crippen LogP contribution in [0.5, 0.6) is 0 Å². The predicted molar refractivity (Wildman–Crippen MR) is 67.4 cm³/mol. The molecule has 20 heavy (non-hydrogen) atoms. The molecule has 0 saturated carbocycles. The van der Waals surface area contributed by atoms with Gasteiger partial charge in [0.15, 0.2) is 17.5 Å². The molecule has 0 fully saturated rings. The van der Waals surface area contributed by atoms with Gasteiger partial charge in [-0.1, -0.05) is 0 Å². The Morgan fingerprint density at radius 1 is 1.20 bits per heavy atom. The number of thiophene rings is 1. The van der Waals surface area contributed by atoms with E-state index in [1.165, 1.54) is 11.4 Å². The van der Waals surface area contributed by atoms with Crippen molar-refractivity contribution in [2.45, 2.75) is 10.8 Å². The number of hydrogen-bond donors (Lipinski definition) is 2. The van der Waals surface area contributed by atoms with Crippen LogP contribution in [0.2, 0.25) is 0 Å². The van der Waals surface area contributed by atoms with Gasteiger partial charge in [-0.3, -0.25) is 4.72 Å². The molecule has 0 spiro atoms. The Morgan fingerprint density at radius 3 is 2.50 bits per heavy atom. The lowest BCUT2D eigenvalue weighted by atomic mass is 10.3. The van der Waals surface area contributed by atoms with E-state index in [2.05, 4.69) is 0 Å². The molecule has 9 heteroatoms. The first-order valence-electron chi connectivity index (χ1n) is 5.19. The summed E-state index contributed by atoms with van der Waals surface area (Å²) in [5.74, 6) is -4.79. The van der Waals surface area contributed by atoms with Crippen LogP contribution in [0.3, 0.4) is 0 Å². The van der Waals surface area contributed by atoms with E-state index in [9.17, 15) is 21.6 Å². The van der Waals surface area contributed by atoms with E-state index in [0.717, 1.165) is 17.4 Å². The Bertz CT molecular complexity index is 743. The van der Waals surface area contributed by atoms with Crippen molar-refractivity contribution in [3.8, 4) is 0 Å². The lowest BCUT2D eigenvalue weighted by Crippen LogP contribution is -2.13. The quantitative estimate of drug-likeness (QED) is 0.850. The highest BCUT2D eigenvalue weighted by Crippen LogP contribution is 2.26. The molecule has 2 N–H and O–H groups in total. The molecule has 1 aromatic heterocycles. The molecule has 2 aromatic rings. The summed E-state index contributed by atoms with van der Waals surface area (Å²) in [5, 5.41) is 10.3. The molecule has 0 amide bonds. The van der Waals surface area contributed by atoms with Crippen molar-refractivity contribution in [3.05, 3.63) is 46.6 Å². The molecule has 0 aliphatic carbocycles. The van der Waals surface area contributed by atoms with Gasteiger partial charge in [-0.2, -0.15) is 0 Å². The molecule has 0 radical (unpaired) electrons. The lowest BCUT2D eigenvalue weighted by Gasteiger charge is -2.07. The van der Waals surface area contributed by atoms with Crippen molar-refractivity contribution in [2.24, 2.45) is 0 Å². The Kier molecular flexibility index (Phi) is 4.02. The van der Waals surface area contributed by atoms with Gasteiger partial charge in [-0.15, -0.1) is 11.3 Å². The zero-order chi connectivity index (χ0) is 14.9. The first-order valence-corrected chi connectivity index (χ1v) is 7.56. The summed E-state index contributed by atoms with van der Waals surface area (Å²) in [6.07, 6.45) is 0. The van der Waals surface area contributed by atoms with Gasteiger partial charge in [0.05, 0.1) is 12.3 Å². The normalized spacial score (nSPS) is 11.6. The van der Waals surface area contributed by atoms with Gasteiger partial charge in [-0.05, 0) is 29.1 Å². The number of sulfonamides is 1. The van der Waals surface area contributed by atoms with Crippen molar-refractivity contribution < 1.29 is 26.7 Å². The minimum Gasteiger partial charge on any atom is -0.392 e. The van der Waals surface area contributed by atoms with Gasteiger partial charge in [-0.25, -0.2) is 21.6 Å². The summed E-state index contributed by atoms with van der Waals surface area (Å²) < 4.78 is 64.6. The van der Waals surface area contributed by atoms with Crippen molar-refractivity contribution in [1.82, 2.24) is 0 Å². The Labute approximate surface area is 116 Å². The van der Waals surface area contributed by atoms with E-state index in [0.29, 0.717) is 11.6 Å². The fraction of sp³-hybridized carbons (Fsp3) is 0.0909. The highest BCUT2D eigenvalue weighted by molar-refractivity contribution is 7.94. The number of anilines is 1. The van der Waals surface area contributed by atoms with Gasteiger partial charge < -0.3 is 5.11 Å². The van der Waals surface area contributed by atoms with Crippen LogP contribution < -0.4 is 4.72 Å². The maximum Gasteiger partial charge on any atom is 0.271 e. The number of hydrogen-bond acceptors (Lipinski definition) is 4. The van der Waals surface area contributed by atoms with Crippen LogP contribution in [0, 0.1) is 17.5 Å². The van der Waals surface area contributed by atoms with Crippen molar-refractivity contribution in [2.75, 3.05) is 4.72 Å². The third-order valence-electron chi connectivity index (χ3n) is 2.36. The third kappa shape index (κ3) is 2.79. The van der Waals surface area contributed by atoms with E-state index in [-0.39, 0.29) is 10.8 Å². The summed E-state index contributed by atoms with van der Waals surface area (Å²) in [5.41, 5.74) is -0.316. The summed E-state index contributed by atoms with van der Waals surface area (Å²) in [6.45, 7) is -0.342.